The average Bonchev–Trinajstić information content (AvgIpc) is 3.70. The van der Waals surface area contributed by atoms with E-state index in [9.17, 15) is 14.4 Å². The number of H-pyrrole nitrogens is 1. The van der Waals surface area contributed by atoms with Gasteiger partial charge in [-0.05, 0) is 58.5 Å². The topological polar surface area (TPSA) is 184 Å². The number of carbonyl (C=O) groups excluding carboxylic acids is 2. The highest BCUT2D eigenvalue weighted by molar-refractivity contribution is 6.30. The van der Waals surface area contributed by atoms with Crippen molar-refractivity contribution in [2.45, 2.75) is 12.5 Å². The number of nitrogens with zero attached hydrogens (tertiary/aromatic N) is 7. The molecule has 0 bridgehead atoms. The van der Waals surface area contributed by atoms with Crippen LogP contribution in [0.4, 0.5) is 10.5 Å². The molecule has 0 aliphatic heterocycles. The molecule has 16 heteroatoms. The Morgan fingerprint density at radius 3 is 2.60 bits per heavy atom. The summed E-state index contributed by atoms with van der Waals surface area (Å²) in [5.74, 6) is 0.0835. The fourth-order valence-corrected chi connectivity index (χ4v) is 4.66. The predicted octanol–water partition coefficient (Wildman–Crippen LogP) is 3.10. The Kier molecular flexibility index (Phi) is 9.28. The molecular formula is C29H27ClN10O5. The summed E-state index contributed by atoms with van der Waals surface area (Å²) >= 11 is 6.21. The zero-order valence-corrected chi connectivity index (χ0v) is 25.0. The molecule has 0 aliphatic rings. The van der Waals surface area contributed by atoms with E-state index in [1.807, 2.05) is 0 Å². The molecule has 0 saturated heterocycles. The van der Waals surface area contributed by atoms with Gasteiger partial charge in [-0.1, -0.05) is 23.7 Å². The van der Waals surface area contributed by atoms with E-state index in [4.69, 9.17) is 16.3 Å². The van der Waals surface area contributed by atoms with Gasteiger partial charge in [0.2, 0.25) is 11.8 Å². The summed E-state index contributed by atoms with van der Waals surface area (Å²) in [5.41, 5.74) is 3.14. The maximum absolute atomic E-state index is 13.3. The lowest BCUT2D eigenvalue weighted by molar-refractivity contribution is -0.117. The second-order valence-electron chi connectivity index (χ2n) is 9.59. The zero-order chi connectivity index (χ0) is 31.9. The fraction of sp³-hybridized carbons (Fsp3) is 0.172. The summed E-state index contributed by atoms with van der Waals surface area (Å²) in [4.78, 5) is 37.7. The normalized spacial score (nSPS) is 11.7. The lowest BCUT2D eigenvalue weighted by atomic mass is 10.0. The number of ether oxygens (including phenoxy) is 2. The predicted molar refractivity (Wildman–Crippen MR) is 164 cm³/mol. The number of hydrogen-bond acceptors (Lipinski definition) is 10. The monoisotopic (exact) mass is 630 g/mol. The molecule has 0 radical (unpaired) electrons. The van der Waals surface area contributed by atoms with Gasteiger partial charge in [0, 0.05) is 41.9 Å². The third-order valence-corrected chi connectivity index (χ3v) is 6.87. The Morgan fingerprint density at radius 1 is 1.11 bits per heavy atom. The molecule has 230 valence electrons. The summed E-state index contributed by atoms with van der Waals surface area (Å²) < 4.78 is 13.0. The third-order valence-electron chi connectivity index (χ3n) is 6.63. The van der Waals surface area contributed by atoms with Gasteiger partial charge in [0.25, 0.3) is 5.56 Å². The number of nitrogens with one attached hydrogen (secondary N) is 3. The zero-order valence-electron chi connectivity index (χ0n) is 24.3. The van der Waals surface area contributed by atoms with Crippen molar-refractivity contribution in [3.8, 4) is 22.7 Å². The van der Waals surface area contributed by atoms with Crippen molar-refractivity contribution in [1.82, 2.24) is 45.5 Å². The molecule has 2 amide bonds. The first-order chi connectivity index (χ1) is 21.7. The quantitative estimate of drug-likeness (QED) is 0.194. The molecule has 0 unspecified atom stereocenters. The van der Waals surface area contributed by atoms with E-state index in [0.29, 0.717) is 50.4 Å². The van der Waals surface area contributed by atoms with Crippen LogP contribution in [0.5, 0.6) is 5.88 Å². The number of aryl methyl sites for hydroxylation is 1. The summed E-state index contributed by atoms with van der Waals surface area (Å²) in [6.45, 7) is 0. The van der Waals surface area contributed by atoms with Gasteiger partial charge in [-0.3, -0.25) is 14.9 Å². The summed E-state index contributed by atoms with van der Waals surface area (Å²) in [6.07, 6.45) is 3.98. The molecule has 3 N–H and O–H groups in total. The van der Waals surface area contributed by atoms with E-state index in [1.165, 1.54) is 31.3 Å². The van der Waals surface area contributed by atoms with Crippen molar-refractivity contribution in [3.05, 3.63) is 99.3 Å². The van der Waals surface area contributed by atoms with Crippen molar-refractivity contribution in [2.24, 2.45) is 7.05 Å². The van der Waals surface area contributed by atoms with Crippen LogP contribution >= 0.6 is 11.6 Å². The highest BCUT2D eigenvalue weighted by Gasteiger charge is 2.21. The molecule has 5 rings (SSSR count). The van der Waals surface area contributed by atoms with Crippen molar-refractivity contribution in [2.75, 3.05) is 19.5 Å². The molecule has 3 aromatic heterocycles. The van der Waals surface area contributed by atoms with Crippen LogP contribution in [0.2, 0.25) is 5.02 Å². The van der Waals surface area contributed by atoms with Gasteiger partial charge in [-0.2, -0.15) is 14.9 Å². The summed E-state index contributed by atoms with van der Waals surface area (Å²) in [7, 11) is 4.53. The van der Waals surface area contributed by atoms with Crippen LogP contribution in [0.25, 0.3) is 22.9 Å². The maximum atomic E-state index is 13.3. The Hall–Kier alpha value is -5.83. The van der Waals surface area contributed by atoms with Crippen LogP contribution in [-0.2, 0) is 23.0 Å². The van der Waals surface area contributed by atoms with Crippen molar-refractivity contribution in [3.63, 3.8) is 0 Å². The number of hydrogen-bond donors (Lipinski definition) is 3. The second-order valence-corrected chi connectivity index (χ2v) is 10.0. The number of halogens is 1. The molecular weight excluding hydrogens is 604 g/mol. The minimum atomic E-state index is -0.712. The SMILES string of the molecule is COC(=O)Nc1ccc(-c2cc([C@H](Cc3cc(OC)n(C)n3)NC(=O)/C=C/c3cc(Cl)ccc3-n3cnnn3)n[nH]c2=O)cc1. The molecule has 1 atom stereocenters. The van der Waals surface area contributed by atoms with Gasteiger partial charge in [-0.25, -0.2) is 14.6 Å². The molecule has 3 heterocycles. The van der Waals surface area contributed by atoms with Crippen LogP contribution < -0.4 is 20.9 Å². The molecule has 15 nitrogen and oxygen atoms in total. The minimum absolute atomic E-state index is 0.226. The highest BCUT2D eigenvalue weighted by Crippen LogP contribution is 2.24. The Bertz CT molecular complexity index is 1900. The number of anilines is 1. The molecule has 5 aromatic rings. The van der Waals surface area contributed by atoms with E-state index in [0.717, 1.165) is 0 Å². The highest BCUT2D eigenvalue weighted by atomic mass is 35.5. The lowest BCUT2D eigenvalue weighted by Crippen LogP contribution is -2.30. The van der Waals surface area contributed by atoms with E-state index < -0.39 is 23.6 Å². The largest absolute Gasteiger partial charge is 0.481 e. The minimum Gasteiger partial charge on any atom is -0.481 e. The molecule has 0 fully saturated rings. The van der Waals surface area contributed by atoms with Crippen LogP contribution in [0.1, 0.15) is 23.0 Å². The van der Waals surface area contributed by atoms with Gasteiger partial charge >= 0.3 is 6.09 Å². The summed E-state index contributed by atoms with van der Waals surface area (Å²) in [5, 5.41) is 28.5. The van der Waals surface area contributed by atoms with Crippen molar-refractivity contribution < 1.29 is 19.1 Å². The number of methoxy groups -OCH3 is 2. The number of amides is 2. The number of aromatic nitrogens is 8. The Morgan fingerprint density at radius 2 is 1.91 bits per heavy atom. The first-order valence-corrected chi connectivity index (χ1v) is 13.7. The second kappa shape index (κ2) is 13.6. The number of benzene rings is 2. The molecule has 45 heavy (non-hydrogen) atoms. The smallest absolute Gasteiger partial charge is 0.411 e. The standard InChI is InChI=1S/C29H27ClN10O5/c1-39-27(44-2)14-21(36-39)13-23(33-26(41)11-6-18-12-19(30)7-10-25(18)40-16-31-37-38-40)24-15-22(28(42)35-34-24)17-4-8-20(9-5-17)32-29(43)45-3/h4-12,14-16,23H,13H2,1-3H3,(H,32,43)(H,33,41)(H,35,42)/b11-6+/t23-/m0/s1. The van der Waals surface area contributed by atoms with E-state index >= 15 is 0 Å². The third kappa shape index (κ3) is 7.40. The van der Waals surface area contributed by atoms with Crippen LogP contribution in [0, 0.1) is 0 Å². The number of tetrazole rings is 1. The lowest BCUT2D eigenvalue weighted by Gasteiger charge is -2.17. The van der Waals surface area contributed by atoms with Gasteiger partial charge in [0.15, 0.2) is 0 Å². The number of rotatable bonds is 10. The Balaban J connectivity index is 1.45. The van der Waals surface area contributed by atoms with Crippen molar-refractivity contribution >= 4 is 35.4 Å². The Labute approximate surface area is 260 Å². The summed E-state index contributed by atoms with van der Waals surface area (Å²) in [6, 6.07) is 14.4. The van der Waals surface area contributed by atoms with Gasteiger partial charge in [-0.15, -0.1) is 5.10 Å². The molecule has 2 aromatic carbocycles. The van der Waals surface area contributed by atoms with Crippen LogP contribution in [-0.4, -0.2) is 66.4 Å². The van der Waals surface area contributed by atoms with E-state index in [2.05, 4.69) is 46.2 Å². The van der Waals surface area contributed by atoms with Gasteiger partial charge in [0.05, 0.1) is 42.9 Å². The van der Waals surface area contributed by atoms with E-state index in [-0.39, 0.29) is 6.42 Å². The number of aromatic amines is 1. The maximum Gasteiger partial charge on any atom is 0.411 e. The first-order valence-electron chi connectivity index (χ1n) is 13.4. The molecule has 0 aliphatic carbocycles. The first kappa shape index (κ1) is 30.6. The average molecular weight is 631 g/mol. The van der Waals surface area contributed by atoms with Crippen LogP contribution in [0.15, 0.2) is 71.8 Å². The van der Waals surface area contributed by atoms with Gasteiger partial charge in [0.1, 0.15) is 6.33 Å². The molecule has 0 spiro atoms. The van der Waals surface area contributed by atoms with Crippen LogP contribution in [0.3, 0.4) is 0 Å². The number of carbonyl (C=O) groups is 2. The van der Waals surface area contributed by atoms with Crippen molar-refractivity contribution in [1.29, 1.82) is 0 Å². The van der Waals surface area contributed by atoms with E-state index in [1.54, 1.807) is 72.4 Å². The fourth-order valence-electron chi connectivity index (χ4n) is 4.48. The molecule has 0 saturated carbocycles. The van der Waals surface area contributed by atoms with Gasteiger partial charge < -0.3 is 14.8 Å².